The van der Waals surface area contributed by atoms with E-state index in [0.29, 0.717) is 5.56 Å². The molecule has 0 saturated heterocycles. The molecule has 2 nitrogen and oxygen atoms in total. The van der Waals surface area contributed by atoms with Crippen LogP contribution in [0.2, 0.25) is 0 Å². The molecule has 2 heteroatoms. The van der Waals surface area contributed by atoms with Crippen LogP contribution in [0.5, 0.6) is 0 Å². The third-order valence-electron chi connectivity index (χ3n) is 2.58. The summed E-state index contributed by atoms with van der Waals surface area (Å²) in [6.45, 7) is 4.04. The van der Waals surface area contributed by atoms with E-state index in [9.17, 15) is 4.79 Å². The second-order valence-corrected chi connectivity index (χ2v) is 3.94. The van der Waals surface area contributed by atoms with Gasteiger partial charge >= 0.3 is 0 Å². The van der Waals surface area contributed by atoms with E-state index in [1.165, 1.54) is 0 Å². The second kappa shape index (κ2) is 4.27. The van der Waals surface area contributed by atoms with Gasteiger partial charge in [0.25, 0.3) is 0 Å². The fraction of sp³-hybridized carbons (Fsp3) is 0.143. The molecule has 0 aliphatic rings. The van der Waals surface area contributed by atoms with Crippen molar-refractivity contribution >= 4 is 6.29 Å². The number of hydrogen-bond acceptors (Lipinski definition) is 2. The first-order valence-electron chi connectivity index (χ1n) is 5.18. The van der Waals surface area contributed by atoms with Gasteiger partial charge in [-0.1, -0.05) is 12.1 Å². The van der Waals surface area contributed by atoms with E-state index in [4.69, 9.17) is 0 Å². The number of carbonyl (C=O) groups is 1. The predicted octanol–water partition coefficient (Wildman–Crippen LogP) is 3.18. The van der Waals surface area contributed by atoms with Crippen molar-refractivity contribution in [2.75, 3.05) is 0 Å². The van der Waals surface area contributed by atoms with E-state index in [2.05, 4.69) is 11.1 Å². The van der Waals surface area contributed by atoms with Crippen LogP contribution in [0.1, 0.15) is 21.5 Å². The molecular formula is C14H13NO. The minimum absolute atomic E-state index is 0.696. The first kappa shape index (κ1) is 10.6. The van der Waals surface area contributed by atoms with Gasteiger partial charge in [0.1, 0.15) is 6.29 Å². The average Bonchev–Trinajstić information content (AvgIpc) is 2.30. The van der Waals surface area contributed by atoms with Crippen molar-refractivity contribution < 1.29 is 4.79 Å². The fourth-order valence-corrected chi connectivity index (χ4v) is 1.73. The van der Waals surface area contributed by atoms with Gasteiger partial charge in [-0.05, 0) is 42.7 Å². The van der Waals surface area contributed by atoms with Crippen LogP contribution in [-0.2, 0) is 0 Å². The Hall–Kier alpha value is -1.96. The number of nitrogens with zero attached hydrogens (tertiary/aromatic N) is 1. The van der Waals surface area contributed by atoms with E-state index in [-0.39, 0.29) is 0 Å². The molecule has 0 radical (unpaired) electrons. The molecule has 0 aliphatic heterocycles. The molecule has 2 rings (SSSR count). The molecule has 0 aliphatic carbocycles. The van der Waals surface area contributed by atoms with Crippen molar-refractivity contribution in [2.45, 2.75) is 13.8 Å². The van der Waals surface area contributed by atoms with Gasteiger partial charge in [0.2, 0.25) is 0 Å². The Morgan fingerprint density at radius 3 is 2.62 bits per heavy atom. The zero-order chi connectivity index (χ0) is 11.5. The van der Waals surface area contributed by atoms with Gasteiger partial charge in [0.15, 0.2) is 0 Å². The maximum absolute atomic E-state index is 10.8. The topological polar surface area (TPSA) is 30.0 Å². The van der Waals surface area contributed by atoms with E-state index in [1.54, 1.807) is 0 Å². The molecule has 1 aromatic carbocycles. The number of hydrogen-bond donors (Lipinski definition) is 0. The number of rotatable bonds is 2. The molecule has 1 aromatic heterocycles. The maximum atomic E-state index is 10.8. The Bertz CT molecular complexity index is 532. The monoisotopic (exact) mass is 211 g/mol. The quantitative estimate of drug-likeness (QED) is 0.714. The lowest BCUT2D eigenvalue weighted by atomic mass is 9.99. The largest absolute Gasteiger partial charge is 0.298 e. The SMILES string of the molecule is Cc1cncc(-c2cc(C=O)ccc2C)c1. The zero-order valence-corrected chi connectivity index (χ0v) is 9.40. The molecular weight excluding hydrogens is 198 g/mol. The second-order valence-electron chi connectivity index (χ2n) is 3.94. The molecule has 0 N–H and O–H groups in total. The normalized spacial score (nSPS) is 10.1. The molecule has 0 fully saturated rings. The lowest BCUT2D eigenvalue weighted by Gasteiger charge is -2.07. The summed E-state index contributed by atoms with van der Waals surface area (Å²) in [6.07, 6.45) is 4.51. The Morgan fingerprint density at radius 1 is 1.12 bits per heavy atom. The van der Waals surface area contributed by atoms with Crippen molar-refractivity contribution in [3.8, 4) is 11.1 Å². The molecule has 0 saturated carbocycles. The van der Waals surface area contributed by atoms with Crippen molar-refractivity contribution in [3.05, 3.63) is 53.3 Å². The Labute approximate surface area is 95.0 Å². The van der Waals surface area contributed by atoms with Gasteiger partial charge in [-0.2, -0.15) is 0 Å². The summed E-state index contributed by atoms with van der Waals surface area (Å²) in [6, 6.07) is 7.76. The van der Waals surface area contributed by atoms with Crippen LogP contribution < -0.4 is 0 Å². The third kappa shape index (κ3) is 2.01. The molecule has 1 heterocycles. The van der Waals surface area contributed by atoms with Crippen LogP contribution in [0.3, 0.4) is 0 Å². The first-order chi connectivity index (χ1) is 7.70. The molecule has 0 spiro atoms. The van der Waals surface area contributed by atoms with Crippen LogP contribution in [0, 0.1) is 13.8 Å². The highest BCUT2D eigenvalue weighted by atomic mass is 16.1. The van der Waals surface area contributed by atoms with Gasteiger partial charge in [-0.15, -0.1) is 0 Å². The van der Waals surface area contributed by atoms with Crippen molar-refractivity contribution in [1.82, 2.24) is 4.98 Å². The van der Waals surface area contributed by atoms with Gasteiger partial charge in [0, 0.05) is 23.5 Å². The maximum Gasteiger partial charge on any atom is 0.150 e. The molecule has 0 atom stereocenters. The standard InChI is InChI=1S/C14H13NO/c1-10-5-13(8-15-7-10)14-6-12(9-16)4-3-11(14)2/h3-9H,1-2H3. The molecule has 2 aromatic rings. The van der Waals surface area contributed by atoms with Crippen LogP contribution in [0.25, 0.3) is 11.1 Å². The van der Waals surface area contributed by atoms with E-state index in [0.717, 1.165) is 28.5 Å². The van der Waals surface area contributed by atoms with Crippen LogP contribution >= 0.6 is 0 Å². The lowest BCUT2D eigenvalue weighted by molar-refractivity contribution is 0.112. The minimum atomic E-state index is 0.696. The summed E-state index contributed by atoms with van der Waals surface area (Å²) in [5.41, 5.74) is 5.09. The summed E-state index contributed by atoms with van der Waals surface area (Å²) >= 11 is 0. The molecule has 0 amide bonds. The smallest absolute Gasteiger partial charge is 0.150 e. The summed E-state index contributed by atoms with van der Waals surface area (Å²) in [4.78, 5) is 14.9. The minimum Gasteiger partial charge on any atom is -0.298 e. The average molecular weight is 211 g/mol. The highest BCUT2D eigenvalue weighted by Gasteiger charge is 2.03. The van der Waals surface area contributed by atoms with E-state index >= 15 is 0 Å². The summed E-state index contributed by atoms with van der Waals surface area (Å²) < 4.78 is 0. The van der Waals surface area contributed by atoms with Gasteiger partial charge in [-0.3, -0.25) is 9.78 Å². The predicted molar refractivity (Wildman–Crippen MR) is 64.5 cm³/mol. The number of benzene rings is 1. The lowest BCUT2D eigenvalue weighted by Crippen LogP contribution is -1.88. The Kier molecular flexibility index (Phi) is 2.82. The highest BCUT2D eigenvalue weighted by Crippen LogP contribution is 2.24. The zero-order valence-electron chi connectivity index (χ0n) is 9.40. The van der Waals surface area contributed by atoms with Crippen molar-refractivity contribution in [2.24, 2.45) is 0 Å². The summed E-state index contributed by atoms with van der Waals surface area (Å²) in [5.74, 6) is 0. The molecule has 16 heavy (non-hydrogen) atoms. The highest BCUT2D eigenvalue weighted by molar-refractivity contribution is 5.80. The van der Waals surface area contributed by atoms with Crippen LogP contribution in [0.4, 0.5) is 0 Å². The summed E-state index contributed by atoms with van der Waals surface area (Å²) in [5, 5.41) is 0. The molecule has 0 unspecified atom stereocenters. The third-order valence-corrected chi connectivity index (χ3v) is 2.58. The number of pyridine rings is 1. The van der Waals surface area contributed by atoms with E-state index < -0.39 is 0 Å². The number of carbonyl (C=O) groups excluding carboxylic acids is 1. The first-order valence-corrected chi connectivity index (χ1v) is 5.18. The number of aldehydes is 1. The fourth-order valence-electron chi connectivity index (χ4n) is 1.73. The molecule has 80 valence electrons. The van der Waals surface area contributed by atoms with E-state index in [1.807, 2.05) is 44.4 Å². The van der Waals surface area contributed by atoms with Crippen LogP contribution in [0.15, 0.2) is 36.7 Å². The Balaban J connectivity index is 2.58. The van der Waals surface area contributed by atoms with Crippen LogP contribution in [-0.4, -0.2) is 11.3 Å². The van der Waals surface area contributed by atoms with Gasteiger partial charge < -0.3 is 0 Å². The van der Waals surface area contributed by atoms with Crippen molar-refractivity contribution in [3.63, 3.8) is 0 Å². The van der Waals surface area contributed by atoms with Gasteiger partial charge in [0.05, 0.1) is 0 Å². The Morgan fingerprint density at radius 2 is 1.94 bits per heavy atom. The van der Waals surface area contributed by atoms with Crippen molar-refractivity contribution in [1.29, 1.82) is 0 Å². The summed E-state index contributed by atoms with van der Waals surface area (Å²) in [7, 11) is 0. The molecule has 0 bridgehead atoms. The van der Waals surface area contributed by atoms with Gasteiger partial charge in [-0.25, -0.2) is 0 Å². The number of aromatic nitrogens is 1. The number of aryl methyl sites for hydroxylation is 2.